The van der Waals surface area contributed by atoms with Crippen LogP contribution in [0, 0.1) is 0 Å². The van der Waals surface area contributed by atoms with Crippen molar-refractivity contribution < 1.29 is 27.1 Å². The molecule has 2 N–H and O–H groups in total. The number of hydrogen-bond acceptors (Lipinski definition) is 4. The summed E-state index contributed by atoms with van der Waals surface area (Å²) in [7, 11) is -4.23. The van der Waals surface area contributed by atoms with Crippen molar-refractivity contribution in [1.29, 1.82) is 0 Å². The average molecular weight is 571 g/mol. The summed E-state index contributed by atoms with van der Waals surface area (Å²) < 4.78 is 33.0. The zero-order valence-electron chi connectivity index (χ0n) is 24.0. The summed E-state index contributed by atoms with van der Waals surface area (Å²) in [6.07, 6.45) is 34.1. The van der Waals surface area contributed by atoms with E-state index in [9.17, 15) is 13.2 Å². The summed E-state index contributed by atoms with van der Waals surface area (Å²) in [5, 5.41) is 8.50. The monoisotopic (exact) mass is 570 g/mol. The minimum absolute atomic E-state index is 0. The van der Waals surface area contributed by atoms with Crippen LogP contribution in [0.5, 0.6) is 0 Å². The molecule has 0 amide bonds. The molecule has 0 spiro atoms. The normalized spacial score (nSPS) is 11.4. The molecule has 0 saturated carbocycles. The van der Waals surface area contributed by atoms with Gasteiger partial charge in [0.2, 0.25) is 0 Å². The molecule has 0 aromatic carbocycles. The van der Waals surface area contributed by atoms with Gasteiger partial charge in [-0.25, -0.2) is 4.18 Å². The van der Waals surface area contributed by atoms with Gasteiger partial charge in [0, 0.05) is 6.42 Å². The molecule has 0 rings (SSSR count). The number of rotatable bonds is 26. The van der Waals surface area contributed by atoms with Crippen LogP contribution in [0.25, 0.3) is 0 Å². The standard InChI is InChI=1S/C18H32O2.C12H26O4S.Na.H/c1-2-3-4-5-6-7-8-9-10-11-12-13-14-15-16-17-18(19)20;1-2-3-4-5-6-7-8-9-10-11-12-16-17(13,14)15;;/h6-7,9-10H,2-5,8,11-17H2,1H3,(H,19,20);2-12H2,1H3,(H,13,14,15);;/b7-6-,10-9-;;;. The molecule has 0 aliphatic rings. The Morgan fingerprint density at radius 1 is 0.632 bits per heavy atom. The minimum atomic E-state index is -4.23. The third-order valence-electron chi connectivity index (χ3n) is 6.07. The Hall–Kier alpha value is -0.180. The predicted molar refractivity (Wildman–Crippen MR) is 163 cm³/mol. The van der Waals surface area contributed by atoms with E-state index in [0.29, 0.717) is 12.8 Å². The van der Waals surface area contributed by atoms with Gasteiger partial charge in [-0.3, -0.25) is 9.35 Å². The number of carbonyl (C=O) groups is 1. The predicted octanol–water partition coefficient (Wildman–Crippen LogP) is 8.96. The SMILES string of the molecule is CCCCC/C=C\C/C=C\CCCCCCCC(=O)O.CCCCCCCCCCCCOS(=O)(=O)O.[NaH]. The number of allylic oxidation sites excluding steroid dienone is 4. The molecule has 8 heteroatoms. The van der Waals surface area contributed by atoms with Crippen molar-refractivity contribution in [1.82, 2.24) is 0 Å². The Bertz CT molecular complexity index is 635. The number of aliphatic carboxylic acids is 1. The first-order chi connectivity index (χ1) is 17.8. The summed E-state index contributed by atoms with van der Waals surface area (Å²) in [4.78, 5) is 10.3. The molecule has 38 heavy (non-hydrogen) atoms. The van der Waals surface area contributed by atoms with Crippen molar-refractivity contribution in [3.8, 4) is 0 Å². The fourth-order valence-corrected chi connectivity index (χ4v) is 4.17. The van der Waals surface area contributed by atoms with E-state index in [4.69, 9.17) is 9.66 Å². The van der Waals surface area contributed by atoms with Gasteiger partial charge < -0.3 is 5.11 Å². The summed E-state index contributed by atoms with van der Waals surface area (Å²) in [5.74, 6) is -0.671. The van der Waals surface area contributed by atoms with Crippen molar-refractivity contribution in [2.45, 2.75) is 155 Å². The Kier molecular flexibility index (Phi) is 38.8. The van der Waals surface area contributed by atoms with Crippen molar-refractivity contribution in [3.63, 3.8) is 0 Å². The van der Waals surface area contributed by atoms with Crippen LogP contribution in [0.3, 0.4) is 0 Å². The van der Waals surface area contributed by atoms with Gasteiger partial charge in [-0.2, -0.15) is 8.42 Å². The Morgan fingerprint density at radius 2 is 1.03 bits per heavy atom. The topological polar surface area (TPSA) is 101 Å². The summed E-state index contributed by atoms with van der Waals surface area (Å²) >= 11 is 0. The van der Waals surface area contributed by atoms with Gasteiger partial charge in [-0.1, -0.05) is 128 Å². The van der Waals surface area contributed by atoms with E-state index in [1.54, 1.807) is 0 Å². The third-order valence-corrected chi connectivity index (χ3v) is 6.54. The van der Waals surface area contributed by atoms with Gasteiger partial charge in [0.25, 0.3) is 0 Å². The van der Waals surface area contributed by atoms with Crippen LogP contribution in [-0.4, -0.2) is 60.2 Å². The zero-order chi connectivity index (χ0) is 27.9. The van der Waals surface area contributed by atoms with Crippen LogP contribution in [0.2, 0.25) is 0 Å². The van der Waals surface area contributed by atoms with E-state index in [1.807, 2.05) is 0 Å². The molecular formula is C30H59NaO6S. The van der Waals surface area contributed by atoms with Crippen LogP contribution in [-0.2, 0) is 19.4 Å². The summed E-state index contributed by atoms with van der Waals surface area (Å²) in [5.41, 5.74) is 0. The first kappa shape index (κ1) is 42.3. The van der Waals surface area contributed by atoms with E-state index in [1.165, 1.54) is 89.9 Å². The molecule has 0 heterocycles. The fourth-order valence-electron chi connectivity index (χ4n) is 3.84. The Balaban J connectivity index is -0.000000636. The maximum absolute atomic E-state index is 10.3. The Labute approximate surface area is 257 Å². The van der Waals surface area contributed by atoms with Crippen LogP contribution >= 0.6 is 0 Å². The molecule has 0 radical (unpaired) electrons. The van der Waals surface area contributed by atoms with Crippen molar-refractivity contribution >= 4 is 45.9 Å². The molecule has 0 unspecified atom stereocenters. The summed E-state index contributed by atoms with van der Waals surface area (Å²) in [6, 6.07) is 0. The number of carboxylic acids is 1. The van der Waals surface area contributed by atoms with Crippen LogP contribution in [0.1, 0.15) is 155 Å². The molecule has 6 nitrogen and oxygen atoms in total. The van der Waals surface area contributed by atoms with Gasteiger partial charge in [0.05, 0.1) is 6.61 Å². The average Bonchev–Trinajstić information content (AvgIpc) is 2.84. The quantitative estimate of drug-likeness (QED) is 0.0466. The van der Waals surface area contributed by atoms with Crippen LogP contribution < -0.4 is 0 Å². The fraction of sp³-hybridized carbons (Fsp3) is 0.833. The molecule has 0 fully saturated rings. The molecule has 0 saturated heterocycles. The third kappa shape index (κ3) is 45.7. The molecular weight excluding hydrogens is 511 g/mol. The van der Waals surface area contributed by atoms with E-state index >= 15 is 0 Å². The molecule has 0 atom stereocenters. The van der Waals surface area contributed by atoms with E-state index < -0.39 is 16.4 Å². The van der Waals surface area contributed by atoms with Crippen LogP contribution in [0.4, 0.5) is 0 Å². The number of carboxylic acid groups (broad SMARTS) is 1. The molecule has 222 valence electrons. The van der Waals surface area contributed by atoms with Crippen molar-refractivity contribution in [3.05, 3.63) is 24.3 Å². The van der Waals surface area contributed by atoms with E-state index in [0.717, 1.165) is 38.5 Å². The molecule has 0 aromatic rings. The molecule has 0 aliphatic heterocycles. The Morgan fingerprint density at radius 3 is 1.50 bits per heavy atom. The van der Waals surface area contributed by atoms with Crippen molar-refractivity contribution in [2.24, 2.45) is 0 Å². The van der Waals surface area contributed by atoms with Gasteiger partial charge in [-0.05, 0) is 44.9 Å². The number of unbranched alkanes of at least 4 members (excludes halogenated alkanes) is 17. The van der Waals surface area contributed by atoms with Gasteiger partial charge in [0.1, 0.15) is 0 Å². The van der Waals surface area contributed by atoms with Gasteiger partial charge in [-0.15, -0.1) is 0 Å². The van der Waals surface area contributed by atoms with E-state index in [2.05, 4.69) is 42.3 Å². The molecule has 0 aromatic heterocycles. The maximum atomic E-state index is 10.3. The van der Waals surface area contributed by atoms with Crippen LogP contribution in [0.15, 0.2) is 24.3 Å². The first-order valence-corrected chi connectivity index (χ1v) is 16.3. The second-order valence-corrected chi connectivity index (χ2v) is 10.9. The molecule has 0 aliphatic carbocycles. The second-order valence-electron chi connectivity index (χ2n) is 9.81. The zero-order valence-corrected chi connectivity index (χ0v) is 24.8. The van der Waals surface area contributed by atoms with Crippen molar-refractivity contribution in [2.75, 3.05) is 6.61 Å². The van der Waals surface area contributed by atoms with Gasteiger partial charge in [0.15, 0.2) is 0 Å². The first-order valence-electron chi connectivity index (χ1n) is 15.0. The van der Waals surface area contributed by atoms with Gasteiger partial charge >= 0.3 is 45.9 Å². The second kappa shape index (κ2) is 34.8. The van der Waals surface area contributed by atoms with E-state index in [-0.39, 0.29) is 36.2 Å². The summed E-state index contributed by atoms with van der Waals surface area (Å²) in [6.45, 7) is 4.54. The molecule has 0 bridgehead atoms. The number of hydrogen-bond donors (Lipinski definition) is 2.